The van der Waals surface area contributed by atoms with Crippen LogP contribution in [0.25, 0.3) is 32.6 Å². The minimum Gasteiger partial charge on any atom is -0.420 e. The van der Waals surface area contributed by atoms with Crippen LogP contribution in [-0.4, -0.2) is 57.8 Å². The van der Waals surface area contributed by atoms with Crippen LogP contribution < -0.4 is 10.6 Å². The molecule has 6 aromatic carbocycles. The fraction of sp³-hybridized carbons (Fsp3) is 0.267. The van der Waals surface area contributed by atoms with Crippen LogP contribution in [-0.2, 0) is 17.3 Å². The van der Waals surface area contributed by atoms with E-state index in [1.807, 2.05) is 86.6 Å². The van der Waals surface area contributed by atoms with Gasteiger partial charge >= 0.3 is 0 Å². The van der Waals surface area contributed by atoms with Crippen molar-refractivity contribution in [2.45, 2.75) is 103 Å². The summed E-state index contributed by atoms with van der Waals surface area (Å²) >= 11 is 12.8. The van der Waals surface area contributed by atoms with Gasteiger partial charge in [-0.05, 0) is 154 Å². The lowest BCUT2D eigenvalue weighted by molar-refractivity contribution is 0.101. The molecule has 0 bridgehead atoms. The first kappa shape index (κ1) is 57.0. The number of benzene rings is 6. The summed E-state index contributed by atoms with van der Waals surface area (Å²) in [6.07, 6.45) is 0.0188. The zero-order chi connectivity index (χ0) is 55.6. The standard InChI is InChI=1S/C33H37ClN4O3Si.C27H23ClN4O3/c1-21-25(16-19-28(35-6)29(21)34)20-27(22(2)41-42(7,8)33(3,4)5)32-38-37-31(40-32)24-14-17-26(18-15-24)36-30(39)23-12-10-9-11-13-23;1-16-20(11-14-23(29-3)24(16)28)15-22(17(2)33)27-32-31-26(35-27)19-9-12-21(13-10-19)30-25(34)18-7-5-4-6-8-18/h9-19,22,27H,20H2,1-5,7-8H3,(H,36,39);4-14,17,22,33H,15H2,1-2H3,(H,30,34)/t22-,27+;17-,22+/m00/s1. The highest BCUT2D eigenvalue weighted by Gasteiger charge is 2.41. The zero-order valence-electron chi connectivity index (χ0n) is 44.4. The van der Waals surface area contributed by atoms with Crippen LogP contribution in [0.4, 0.5) is 22.7 Å². The van der Waals surface area contributed by atoms with Gasteiger partial charge in [-0.1, -0.05) is 105 Å². The van der Waals surface area contributed by atoms with Crippen LogP contribution in [0.3, 0.4) is 0 Å². The summed E-state index contributed by atoms with van der Waals surface area (Å²) in [5.74, 6) is 0.411. The molecule has 0 aliphatic rings. The van der Waals surface area contributed by atoms with E-state index in [-0.39, 0.29) is 28.9 Å². The van der Waals surface area contributed by atoms with Crippen molar-refractivity contribution in [2.75, 3.05) is 10.6 Å². The zero-order valence-corrected chi connectivity index (χ0v) is 46.9. The van der Waals surface area contributed by atoms with E-state index in [1.54, 1.807) is 67.6 Å². The van der Waals surface area contributed by atoms with Crippen molar-refractivity contribution in [3.8, 4) is 22.9 Å². The smallest absolute Gasteiger partial charge is 0.255 e. The summed E-state index contributed by atoms with van der Waals surface area (Å²) in [6.45, 7) is 33.2. The van der Waals surface area contributed by atoms with Crippen molar-refractivity contribution in [1.82, 2.24) is 20.4 Å². The molecule has 0 radical (unpaired) electrons. The third kappa shape index (κ3) is 14.0. The summed E-state index contributed by atoms with van der Waals surface area (Å²) in [5.41, 5.74) is 8.26. The summed E-state index contributed by atoms with van der Waals surface area (Å²) in [7, 11) is -2.11. The van der Waals surface area contributed by atoms with Crippen molar-refractivity contribution in [3.05, 3.63) is 212 Å². The molecule has 2 amide bonds. The lowest BCUT2D eigenvalue weighted by Crippen LogP contribution is -2.44. The Kier molecular flexibility index (Phi) is 18.4. The second-order valence-corrected chi connectivity index (χ2v) is 25.7. The van der Waals surface area contributed by atoms with Crippen molar-refractivity contribution in [1.29, 1.82) is 0 Å². The van der Waals surface area contributed by atoms with Crippen molar-refractivity contribution >= 4 is 66.1 Å². The van der Waals surface area contributed by atoms with Gasteiger partial charge in [0.2, 0.25) is 34.9 Å². The molecule has 394 valence electrons. The SMILES string of the molecule is [C-]#[N+]c1ccc(C[C@@H](c2nnc(-c3ccc(NC(=O)c4ccccc4)cc3)o2)[C@H](C)O)c(C)c1Cl.[C-]#[N+]c1ccc(C[C@@H](c2nnc(-c3ccc(NC(=O)c4ccccc4)cc3)o2)[C@H](C)O[Si](C)(C)C(C)(C)C)c(C)c1Cl. The third-order valence-corrected chi connectivity index (χ3v) is 19.4. The first-order valence-corrected chi connectivity index (χ1v) is 28.6. The Hall–Kier alpha value is -7.76. The second kappa shape index (κ2) is 24.9. The molecule has 8 rings (SSSR count). The quantitative estimate of drug-likeness (QED) is 0.0624. The van der Waals surface area contributed by atoms with Crippen LogP contribution in [0, 0.1) is 27.0 Å². The number of hydrogen-bond acceptors (Lipinski definition) is 10. The number of aliphatic hydroxyl groups is 1. The van der Waals surface area contributed by atoms with Crippen LogP contribution in [0.15, 0.2) is 142 Å². The number of hydrogen-bond donors (Lipinski definition) is 3. The minimum atomic E-state index is -2.11. The van der Waals surface area contributed by atoms with E-state index >= 15 is 0 Å². The molecule has 0 spiro atoms. The molecule has 14 nitrogen and oxygen atoms in total. The van der Waals surface area contributed by atoms with Crippen molar-refractivity contribution in [3.63, 3.8) is 0 Å². The number of nitrogens with one attached hydrogen (secondary N) is 2. The average Bonchev–Trinajstić information content (AvgIpc) is 4.12. The van der Waals surface area contributed by atoms with Crippen LogP contribution in [0.1, 0.15) is 101 Å². The molecule has 0 aliphatic heterocycles. The van der Waals surface area contributed by atoms with Crippen molar-refractivity contribution < 1.29 is 28.0 Å². The number of anilines is 2. The number of carbonyl (C=O) groups is 2. The summed E-state index contributed by atoms with van der Waals surface area (Å²) < 4.78 is 19.0. The van der Waals surface area contributed by atoms with Gasteiger partial charge in [-0.15, -0.1) is 20.4 Å². The Morgan fingerprint density at radius 3 is 1.39 bits per heavy atom. The molecule has 77 heavy (non-hydrogen) atoms. The lowest BCUT2D eigenvalue weighted by Gasteiger charge is -2.40. The van der Waals surface area contributed by atoms with Gasteiger partial charge in [0.1, 0.15) is 0 Å². The Morgan fingerprint density at radius 1 is 0.623 bits per heavy atom. The number of aromatic nitrogens is 4. The summed E-state index contributed by atoms with van der Waals surface area (Å²) in [6, 6.07) is 39.6. The van der Waals surface area contributed by atoms with E-state index < -0.39 is 20.3 Å². The van der Waals surface area contributed by atoms with E-state index in [0.29, 0.717) is 85.9 Å². The predicted octanol–water partition coefficient (Wildman–Crippen LogP) is 15.4. The van der Waals surface area contributed by atoms with Crippen LogP contribution in [0.2, 0.25) is 28.2 Å². The number of carbonyl (C=O) groups excluding carboxylic acids is 2. The Labute approximate surface area is 460 Å². The highest BCUT2D eigenvalue weighted by molar-refractivity contribution is 6.74. The maximum Gasteiger partial charge on any atom is 0.255 e. The highest BCUT2D eigenvalue weighted by atomic mass is 35.5. The van der Waals surface area contributed by atoms with Crippen molar-refractivity contribution in [2.24, 2.45) is 0 Å². The molecule has 2 heterocycles. The summed E-state index contributed by atoms with van der Waals surface area (Å²) in [4.78, 5) is 31.8. The molecular weight excluding hydrogens is 1030 g/mol. The summed E-state index contributed by atoms with van der Waals surface area (Å²) in [5, 5.41) is 34.3. The molecule has 0 unspecified atom stereocenters. The van der Waals surface area contributed by atoms with Crippen LogP contribution >= 0.6 is 23.2 Å². The number of halogens is 2. The molecule has 0 saturated carbocycles. The average molecular weight is 1090 g/mol. The van der Waals surface area contributed by atoms with E-state index in [9.17, 15) is 14.7 Å². The molecule has 8 aromatic rings. The van der Waals surface area contributed by atoms with Gasteiger partial charge in [0.05, 0.1) is 47.2 Å². The van der Waals surface area contributed by atoms with E-state index in [0.717, 1.165) is 27.8 Å². The monoisotopic (exact) mass is 1090 g/mol. The van der Waals surface area contributed by atoms with Gasteiger partial charge in [0.15, 0.2) is 8.32 Å². The highest BCUT2D eigenvalue weighted by Crippen LogP contribution is 2.41. The first-order chi connectivity index (χ1) is 36.7. The maximum atomic E-state index is 12.5. The Balaban J connectivity index is 0.000000227. The number of nitrogens with zero attached hydrogens (tertiary/aromatic N) is 6. The second-order valence-electron chi connectivity index (χ2n) is 20.2. The molecule has 0 saturated heterocycles. The molecule has 0 fully saturated rings. The van der Waals surface area contributed by atoms with Gasteiger partial charge in [0.25, 0.3) is 11.8 Å². The topological polar surface area (TPSA) is 174 Å². The largest absolute Gasteiger partial charge is 0.420 e. The van der Waals surface area contributed by atoms with Gasteiger partial charge in [-0.2, -0.15) is 0 Å². The van der Waals surface area contributed by atoms with E-state index in [1.165, 1.54) is 0 Å². The van der Waals surface area contributed by atoms with E-state index in [2.05, 4.69) is 81.5 Å². The molecular formula is C60H60Cl2N8O6Si. The molecule has 2 aromatic heterocycles. The Morgan fingerprint density at radius 2 is 1.01 bits per heavy atom. The van der Waals surface area contributed by atoms with Gasteiger partial charge in [-0.25, -0.2) is 9.69 Å². The third-order valence-electron chi connectivity index (χ3n) is 13.9. The van der Waals surface area contributed by atoms with Gasteiger partial charge in [-0.3, -0.25) is 9.59 Å². The number of amides is 2. The van der Waals surface area contributed by atoms with Gasteiger partial charge in [0, 0.05) is 33.6 Å². The number of aliphatic hydroxyl groups excluding tert-OH is 1. The molecule has 17 heteroatoms. The maximum absolute atomic E-state index is 12.5. The molecule has 3 N–H and O–H groups in total. The van der Waals surface area contributed by atoms with Crippen LogP contribution in [0.5, 0.6) is 0 Å². The van der Waals surface area contributed by atoms with E-state index in [4.69, 9.17) is 49.6 Å². The lowest BCUT2D eigenvalue weighted by atomic mass is 9.92. The fourth-order valence-corrected chi connectivity index (χ4v) is 10.0. The minimum absolute atomic E-state index is 0.0278. The fourth-order valence-electron chi connectivity index (χ4n) is 8.13. The predicted molar refractivity (Wildman–Crippen MR) is 305 cm³/mol. The molecule has 4 atom stereocenters. The first-order valence-electron chi connectivity index (χ1n) is 24.9. The van der Waals surface area contributed by atoms with Gasteiger partial charge < -0.3 is 29.0 Å². The normalized spacial score (nSPS) is 13.0. The Bertz CT molecular complexity index is 3420. The number of rotatable bonds is 16. The molecule has 0 aliphatic carbocycles.